The van der Waals surface area contributed by atoms with Gasteiger partial charge in [-0.1, -0.05) is 6.07 Å². The number of carboxylic acid groups (broad SMARTS) is 1. The van der Waals surface area contributed by atoms with Gasteiger partial charge in [-0.25, -0.2) is 9.78 Å². The van der Waals surface area contributed by atoms with Crippen LogP contribution < -0.4 is 11.1 Å². The van der Waals surface area contributed by atoms with Crippen molar-refractivity contribution in [2.24, 2.45) is 0 Å². The highest BCUT2D eigenvalue weighted by Crippen LogP contribution is 2.31. The minimum atomic E-state index is -1.01. The highest BCUT2D eigenvalue weighted by atomic mass is 16.4. The number of aromatic nitrogens is 2. The maximum Gasteiger partial charge on any atom is 0.335 e. The fourth-order valence-electron chi connectivity index (χ4n) is 3.00. The maximum absolute atomic E-state index is 11.3. The Balaban J connectivity index is 1.91. The lowest BCUT2D eigenvalue weighted by Gasteiger charge is -2.12. The molecule has 0 spiro atoms. The van der Waals surface area contributed by atoms with Crippen molar-refractivity contribution < 1.29 is 9.90 Å². The number of nitrogens with two attached hydrogens (primary N) is 1. The van der Waals surface area contributed by atoms with E-state index in [2.05, 4.69) is 15.3 Å². The van der Waals surface area contributed by atoms with Gasteiger partial charge in [0.15, 0.2) is 0 Å². The predicted octanol–water partition coefficient (Wildman–Crippen LogP) is 3.80. The Kier molecular flexibility index (Phi) is 3.89. The largest absolute Gasteiger partial charge is 0.478 e. The Hall–Kier alpha value is -4.00. The summed E-state index contributed by atoms with van der Waals surface area (Å²) in [6.07, 6.45) is 4.61. The van der Waals surface area contributed by atoms with Gasteiger partial charge in [-0.15, -0.1) is 0 Å². The van der Waals surface area contributed by atoms with E-state index < -0.39 is 5.97 Å². The fraction of sp³-hybridized carbons (Fsp3) is 0. The van der Waals surface area contributed by atoms with Crippen molar-refractivity contribution in [2.45, 2.75) is 0 Å². The van der Waals surface area contributed by atoms with Gasteiger partial charge in [-0.05, 0) is 36.4 Å². The summed E-state index contributed by atoms with van der Waals surface area (Å²) >= 11 is 0. The van der Waals surface area contributed by atoms with E-state index in [9.17, 15) is 9.90 Å². The molecule has 0 fully saturated rings. The van der Waals surface area contributed by atoms with Crippen LogP contribution in [0, 0.1) is 5.41 Å². The molecule has 7 heteroatoms. The van der Waals surface area contributed by atoms with Gasteiger partial charge in [0.25, 0.3) is 0 Å². The number of aromatic carboxylic acids is 1. The zero-order valence-electron chi connectivity index (χ0n) is 14.1. The lowest BCUT2D eigenvalue weighted by Crippen LogP contribution is -2.00. The summed E-state index contributed by atoms with van der Waals surface area (Å²) in [4.78, 5) is 20.1. The van der Waals surface area contributed by atoms with Crippen molar-refractivity contribution in [2.75, 3.05) is 11.1 Å². The first-order valence-corrected chi connectivity index (χ1v) is 8.14. The van der Waals surface area contributed by atoms with Crippen LogP contribution in [0.5, 0.6) is 0 Å². The van der Waals surface area contributed by atoms with Gasteiger partial charge in [-0.3, -0.25) is 4.98 Å². The van der Waals surface area contributed by atoms with E-state index >= 15 is 0 Å². The molecule has 5 N–H and O–H groups in total. The Labute approximate surface area is 154 Å². The summed E-state index contributed by atoms with van der Waals surface area (Å²) < 4.78 is 0. The Bertz CT molecular complexity index is 1220. The molecule has 0 aliphatic carbocycles. The lowest BCUT2D eigenvalue weighted by molar-refractivity contribution is 0.0697. The first-order chi connectivity index (χ1) is 13.1. The van der Waals surface area contributed by atoms with Crippen molar-refractivity contribution >= 4 is 51.1 Å². The topological polar surface area (TPSA) is 125 Å². The first-order valence-electron chi connectivity index (χ1n) is 8.14. The Morgan fingerprint density at radius 1 is 1.11 bits per heavy atom. The standard InChI is InChI=1S/C20H15N5O2/c21-9-12-1-3-13(8-17(12)22)24-19-15-5-6-23-10-16(15)14-4-2-11(20(26)27)7-18(14)25-19/h1-10,21H,22H2,(H,24,25)(H,26,27). The van der Waals surface area contributed by atoms with Crippen molar-refractivity contribution in [1.29, 1.82) is 5.41 Å². The SMILES string of the molecule is N=Cc1ccc(Nc2nc3cc(C(=O)O)ccc3c3cnccc23)cc1N. The fourth-order valence-corrected chi connectivity index (χ4v) is 3.00. The van der Waals surface area contributed by atoms with Crippen LogP contribution in [0.25, 0.3) is 21.7 Å². The van der Waals surface area contributed by atoms with Gasteiger partial charge in [0.1, 0.15) is 5.82 Å². The van der Waals surface area contributed by atoms with Gasteiger partial charge >= 0.3 is 5.97 Å². The van der Waals surface area contributed by atoms with E-state index in [-0.39, 0.29) is 5.56 Å². The molecule has 0 bridgehead atoms. The number of hydrogen-bond donors (Lipinski definition) is 4. The van der Waals surface area contributed by atoms with Crippen molar-refractivity contribution in [3.05, 3.63) is 66.0 Å². The molecule has 2 aromatic heterocycles. The second-order valence-electron chi connectivity index (χ2n) is 6.03. The number of carboxylic acids is 1. The number of anilines is 3. The monoisotopic (exact) mass is 357 g/mol. The first kappa shape index (κ1) is 16.5. The van der Waals surface area contributed by atoms with E-state index in [0.717, 1.165) is 21.8 Å². The van der Waals surface area contributed by atoms with Crippen LogP contribution in [-0.2, 0) is 0 Å². The van der Waals surface area contributed by atoms with Gasteiger partial charge in [0.2, 0.25) is 0 Å². The molecular formula is C20H15N5O2. The quantitative estimate of drug-likeness (QED) is 0.250. The molecule has 0 aliphatic heterocycles. The van der Waals surface area contributed by atoms with Gasteiger partial charge in [0, 0.05) is 51.7 Å². The summed E-state index contributed by atoms with van der Waals surface area (Å²) in [6.45, 7) is 0. The highest BCUT2D eigenvalue weighted by Gasteiger charge is 2.12. The van der Waals surface area contributed by atoms with E-state index in [0.29, 0.717) is 22.6 Å². The molecule has 0 amide bonds. The number of carbonyl (C=O) groups is 1. The molecule has 0 saturated carbocycles. The summed E-state index contributed by atoms with van der Waals surface area (Å²) in [5, 5.41) is 22.4. The van der Waals surface area contributed by atoms with Gasteiger partial charge in [0.05, 0.1) is 11.1 Å². The summed E-state index contributed by atoms with van der Waals surface area (Å²) in [6, 6.07) is 12.0. The van der Waals surface area contributed by atoms with Crippen LogP contribution in [0.3, 0.4) is 0 Å². The van der Waals surface area contributed by atoms with Crippen molar-refractivity contribution in [1.82, 2.24) is 9.97 Å². The summed E-state index contributed by atoms with van der Waals surface area (Å²) in [5.41, 5.74) is 8.52. The zero-order chi connectivity index (χ0) is 19.0. The summed E-state index contributed by atoms with van der Waals surface area (Å²) in [5.74, 6) is -0.432. The highest BCUT2D eigenvalue weighted by molar-refractivity contribution is 6.11. The molecule has 0 atom stereocenters. The van der Waals surface area contributed by atoms with Crippen LogP contribution in [0.2, 0.25) is 0 Å². The van der Waals surface area contributed by atoms with Crippen molar-refractivity contribution in [3.63, 3.8) is 0 Å². The smallest absolute Gasteiger partial charge is 0.335 e. The molecule has 2 aromatic carbocycles. The van der Waals surface area contributed by atoms with E-state index in [4.69, 9.17) is 11.1 Å². The van der Waals surface area contributed by atoms with E-state index in [1.165, 1.54) is 6.21 Å². The third-order valence-corrected chi connectivity index (χ3v) is 4.35. The van der Waals surface area contributed by atoms with Crippen LogP contribution in [-0.4, -0.2) is 27.3 Å². The number of fused-ring (bicyclic) bond motifs is 3. The van der Waals surface area contributed by atoms with Crippen LogP contribution in [0.4, 0.5) is 17.2 Å². The lowest BCUT2D eigenvalue weighted by atomic mass is 10.1. The minimum Gasteiger partial charge on any atom is -0.478 e. The molecule has 0 unspecified atom stereocenters. The van der Waals surface area contributed by atoms with Crippen LogP contribution in [0.15, 0.2) is 54.9 Å². The van der Waals surface area contributed by atoms with Crippen LogP contribution in [0.1, 0.15) is 15.9 Å². The number of nitrogens with one attached hydrogen (secondary N) is 2. The van der Waals surface area contributed by atoms with Gasteiger partial charge < -0.3 is 21.6 Å². The number of benzene rings is 2. The maximum atomic E-state index is 11.3. The molecule has 4 rings (SSSR count). The second kappa shape index (κ2) is 6.38. The number of nitrogens with zero attached hydrogens (tertiary/aromatic N) is 2. The average molecular weight is 357 g/mol. The van der Waals surface area contributed by atoms with E-state index in [1.807, 2.05) is 12.1 Å². The van der Waals surface area contributed by atoms with Crippen molar-refractivity contribution in [3.8, 4) is 0 Å². The zero-order valence-corrected chi connectivity index (χ0v) is 14.1. The molecule has 0 aliphatic rings. The number of rotatable bonds is 4. The molecule has 4 aromatic rings. The average Bonchev–Trinajstić information content (AvgIpc) is 2.68. The molecule has 2 heterocycles. The second-order valence-corrected chi connectivity index (χ2v) is 6.03. The summed E-state index contributed by atoms with van der Waals surface area (Å²) in [7, 11) is 0. The third-order valence-electron chi connectivity index (χ3n) is 4.35. The van der Waals surface area contributed by atoms with Gasteiger partial charge in [-0.2, -0.15) is 0 Å². The Morgan fingerprint density at radius 3 is 2.70 bits per heavy atom. The van der Waals surface area contributed by atoms with Crippen LogP contribution >= 0.6 is 0 Å². The molecule has 0 saturated heterocycles. The molecule has 132 valence electrons. The predicted molar refractivity (Wildman–Crippen MR) is 106 cm³/mol. The number of hydrogen-bond acceptors (Lipinski definition) is 6. The molecule has 27 heavy (non-hydrogen) atoms. The molecule has 7 nitrogen and oxygen atoms in total. The molecule has 0 radical (unpaired) electrons. The third kappa shape index (κ3) is 2.91. The number of nitrogen functional groups attached to an aromatic ring is 1. The number of pyridine rings is 2. The molecular weight excluding hydrogens is 342 g/mol. The Morgan fingerprint density at radius 2 is 1.96 bits per heavy atom. The normalized spacial score (nSPS) is 10.8. The minimum absolute atomic E-state index is 0.170. The van der Waals surface area contributed by atoms with E-state index in [1.54, 1.807) is 42.7 Å².